The summed E-state index contributed by atoms with van der Waals surface area (Å²) in [7, 11) is 2.13. The number of rotatable bonds is 9. The number of anilines is 1. The summed E-state index contributed by atoms with van der Waals surface area (Å²) in [5, 5.41) is 5.38. The molecule has 1 saturated heterocycles. The molecule has 2 aliphatic heterocycles. The normalized spacial score (nSPS) is 18.5. The van der Waals surface area contributed by atoms with Crippen molar-refractivity contribution in [3.8, 4) is 5.75 Å². The Morgan fingerprint density at radius 2 is 2.03 bits per heavy atom. The smallest absolute Gasteiger partial charge is 0.238 e. The Kier molecular flexibility index (Phi) is 8.25. The number of nitrogens with zero attached hydrogens (tertiary/aromatic N) is 1. The lowest BCUT2D eigenvalue weighted by molar-refractivity contribution is -0.124. The number of likely N-dealkylation sites (N-methyl/N-ethyl adjacent to an activating group) is 1. The lowest BCUT2D eigenvalue weighted by atomic mass is 10.1. The molecule has 0 bridgehead atoms. The van der Waals surface area contributed by atoms with Gasteiger partial charge < -0.3 is 20.1 Å². The number of thioether (sulfide) groups is 1. The van der Waals surface area contributed by atoms with Crippen LogP contribution in [0.15, 0.2) is 53.4 Å². The number of ether oxygens (including phenoxy) is 2. The third-order valence-corrected chi connectivity index (χ3v) is 7.27. The molecule has 8 heteroatoms. The van der Waals surface area contributed by atoms with Crippen LogP contribution in [0.3, 0.4) is 0 Å². The molecule has 1 fully saturated rings. The second kappa shape index (κ2) is 11.5. The highest BCUT2D eigenvalue weighted by atomic mass is 32.2. The summed E-state index contributed by atoms with van der Waals surface area (Å²) < 4.78 is 11.4. The number of benzene rings is 2. The molecule has 2 aromatic rings. The van der Waals surface area contributed by atoms with E-state index in [0.717, 1.165) is 54.5 Å². The van der Waals surface area contributed by atoms with E-state index < -0.39 is 5.25 Å². The molecule has 0 aliphatic carbocycles. The number of hydrogen-bond acceptors (Lipinski definition) is 6. The Morgan fingerprint density at radius 3 is 2.88 bits per heavy atom. The van der Waals surface area contributed by atoms with Gasteiger partial charge in [-0.05, 0) is 49.7 Å². The first-order valence-electron chi connectivity index (χ1n) is 11.4. The van der Waals surface area contributed by atoms with Crippen molar-refractivity contribution < 1.29 is 19.1 Å². The second-order valence-electron chi connectivity index (χ2n) is 8.39. The van der Waals surface area contributed by atoms with Gasteiger partial charge in [-0.3, -0.25) is 14.5 Å². The largest absolute Gasteiger partial charge is 0.492 e. The predicted molar refractivity (Wildman–Crippen MR) is 130 cm³/mol. The molecule has 2 N–H and O–H groups in total. The predicted octanol–water partition coefficient (Wildman–Crippen LogP) is 3.30. The number of fused-ring (bicyclic) bond motifs is 1. The van der Waals surface area contributed by atoms with Crippen LogP contribution in [0.4, 0.5) is 5.69 Å². The Balaban J connectivity index is 1.21. The minimum absolute atomic E-state index is 0.130. The Hall–Kier alpha value is -2.55. The Labute approximate surface area is 199 Å². The average molecular weight is 470 g/mol. The van der Waals surface area contributed by atoms with Crippen LogP contribution in [0.5, 0.6) is 5.75 Å². The first kappa shape index (κ1) is 23.6. The van der Waals surface area contributed by atoms with Gasteiger partial charge in [0.15, 0.2) is 0 Å². The highest BCUT2D eigenvalue weighted by Crippen LogP contribution is 2.36. The molecule has 176 valence electrons. The van der Waals surface area contributed by atoms with Gasteiger partial charge >= 0.3 is 0 Å². The van der Waals surface area contributed by atoms with Crippen molar-refractivity contribution in [1.82, 2.24) is 10.2 Å². The molecule has 0 spiro atoms. The summed E-state index contributed by atoms with van der Waals surface area (Å²) in [5.74, 6) is 0.516. The van der Waals surface area contributed by atoms with Gasteiger partial charge in [-0.25, -0.2) is 0 Å². The molecule has 1 atom stereocenters. The summed E-state index contributed by atoms with van der Waals surface area (Å²) in [4.78, 5) is 28.1. The number of para-hydroxylation sites is 1. The van der Waals surface area contributed by atoms with Gasteiger partial charge in [0.2, 0.25) is 11.8 Å². The first-order chi connectivity index (χ1) is 16.1. The van der Waals surface area contributed by atoms with Gasteiger partial charge in [-0.1, -0.05) is 24.3 Å². The van der Waals surface area contributed by atoms with E-state index >= 15 is 0 Å². The van der Waals surface area contributed by atoms with Crippen molar-refractivity contribution in [3.05, 3.63) is 54.1 Å². The third-order valence-electron chi connectivity index (χ3n) is 5.99. The lowest BCUT2D eigenvalue weighted by Gasteiger charge is -2.31. The highest BCUT2D eigenvalue weighted by Gasteiger charge is 2.28. The molecule has 33 heavy (non-hydrogen) atoms. The topological polar surface area (TPSA) is 79.9 Å². The highest BCUT2D eigenvalue weighted by molar-refractivity contribution is 8.01. The zero-order chi connectivity index (χ0) is 23.0. The van der Waals surface area contributed by atoms with Crippen LogP contribution >= 0.6 is 11.8 Å². The van der Waals surface area contributed by atoms with Crippen LogP contribution in [-0.2, 0) is 20.9 Å². The summed E-state index contributed by atoms with van der Waals surface area (Å²) in [6.45, 7) is 3.53. The molecule has 7 nitrogen and oxygen atoms in total. The van der Waals surface area contributed by atoms with E-state index in [-0.39, 0.29) is 18.2 Å². The molecule has 2 aromatic carbocycles. The molecule has 0 saturated carbocycles. The van der Waals surface area contributed by atoms with Crippen molar-refractivity contribution in [2.45, 2.75) is 42.0 Å². The summed E-state index contributed by atoms with van der Waals surface area (Å²) in [5.41, 5.74) is 1.77. The molecular weight excluding hydrogens is 438 g/mol. The fourth-order valence-electron chi connectivity index (χ4n) is 4.03. The standard InChI is InChI=1S/C25H31N3O4S/c1-28(19-9-12-31-13-10-19)11-14-32-20-6-4-5-18(15-20)17-26-24(29)16-23-25(30)27-21-7-2-3-8-22(21)33-23/h2-8,15,19,23H,9-14,16-17H2,1H3,(H,26,29)(H,27,30). The zero-order valence-electron chi connectivity index (χ0n) is 18.9. The zero-order valence-corrected chi connectivity index (χ0v) is 19.7. The summed E-state index contributed by atoms with van der Waals surface area (Å²) in [6, 6.07) is 16.0. The van der Waals surface area contributed by atoms with Crippen molar-refractivity contribution in [2.75, 3.05) is 38.7 Å². The van der Waals surface area contributed by atoms with Gasteiger partial charge in [0, 0.05) is 43.7 Å². The summed E-state index contributed by atoms with van der Waals surface area (Å²) in [6.07, 6.45) is 2.28. The minimum Gasteiger partial charge on any atom is -0.492 e. The van der Waals surface area contributed by atoms with E-state index in [2.05, 4.69) is 22.6 Å². The monoisotopic (exact) mass is 469 g/mol. The maximum Gasteiger partial charge on any atom is 0.238 e. The fourth-order valence-corrected chi connectivity index (χ4v) is 5.14. The number of carbonyl (C=O) groups is 2. The van der Waals surface area contributed by atoms with Crippen molar-refractivity contribution in [1.29, 1.82) is 0 Å². The van der Waals surface area contributed by atoms with E-state index in [1.807, 2.05) is 48.5 Å². The van der Waals surface area contributed by atoms with Gasteiger partial charge in [-0.2, -0.15) is 0 Å². The van der Waals surface area contributed by atoms with Crippen molar-refractivity contribution in [2.24, 2.45) is 0 Å². The Bertz CT molecular complexity index is 964. The first-order valence-corrected chi connectivity index (χ1v) is 12.3. The number of nitrogens with one attached hydrogen (secondary N) is 2. The van der Waals surface area contributed by atoms with Crippen LogP contribution in [0, 0.1) is 0 Å². The number of hydrogen-bond donors (Lipinski definition) is 2. The molecule has 4 rings (SSSR count). The van der Waals surface area contributed by atoms with E-state index in [0.29, 0.717) is 19.2 Å². The molecule has 2 amide bonds. The van der Waals surface area contributed by atoms with E-state index in [9.17, 15) is 9.59 Å². The van der Waals surface area contributed by atoms with E-state index in [1.165, 1.54) is 11.8 Å². The molecule has 2 heterocycles. The number of amides is 2. The Morgan fingerprint density at radius 1 is 1.21 bits per heavy atom. The molecule has 2 aliphatic rings. The second-order valence-corrected chi connectivity index (χ2v) is 9.64. The fraction of sp³-hybridized carbons (Fsp3) is 0.440. The van der Waals surface area contributed by atoms with Crippen molar-refractivity contribution in [3.63, 3.8) is 0 Å². The van der Waals surface area contributed by atoms with Crippen molar-refractivity contribution >= 4 is 29.3 Å². The van der Waals surface area contributed by atoms with Crippen LogP contribution in [0.2, 0.25) is 0 Å². The lowest BCUT2D eigenvalue weighted by Crippen LogP contribution is -2.38. The van der Waals surface area contributed by atoms with Crippen LogP contribution in [0.25, 0.3) is 0 Å². The summed E-state index contributed by atoms with van der Waals surface area (Å²) >= 11 is 1.44. The maximum atomic E-state index is 12.5. The van der Waals surface area contributed by atoms with Gasteiger partial charge in [0.05, 0.1) is 10.9 Å². The van der Waals surface area contributed by atoms with E-state index in [4.69, 9.17) is 9.47 Å². The van der Waals surface area contributed by atoms with Gasteiger partial charge in [0.25, 0.3) is 0 Å². The molecule has 0 radical (unpaired) electrons. The molecule has 1 unspecified atom stereocenters. The van der Waals surface area contributed by atoms with E-state index in [1.54, 1.807) is 0 Å². The van der Waals surface area contributed by atoms with Crippen LogP contribution in [-0.4, -0.2) is 61.4 Å². The SMILES string of the molecule is CN(CCOc1cccc(CNC(=O)CC2Sc3ccccc3NC2=O)c1)C1CCOCC1. The van der Waals surface area contributed by atoms with Gasteiger partial charge in [-0.15, -0.1) is 11.8 Å². The minimum atomic E-state index is -0.428. The average Bonchev–Trinajstić information content (AvgIpc) is 2.84. The maximum absolute atomic E-state index is 12.5. The molecule has 0 aromatic heterocycles. The van der Waals surface area contributed by atoms with Crippen LogP contribution in [0.1, 0.15) is 24.8 Å². The quantitative estimate of drug-likeness (QED) is 0.587. The van der Waals surface area contributed by atoms with Gasteiger partial charge in [0.1, 0.15) is 12.4 Å². The third kappa shape index (κ3) is 6.72. The van der Waals surface area contributed by atoms with Crippen LogP contribution < -0.4 is 15.4 Å². The number of carbonyl (C=O) groups excluding carboxylic acids is 2. The molecular formula is C25H31N3O4S.